The fourth-order valence-electron chi connectivity index (χ4n) is 3.47. The molecule has 0 atom stereocenters. The third-order valence-corrected chi connectivity index (χ3v) is 5.65. The number of halogens is 1. The molecule has 0 aliphatic rings. The van der Waals surface area contributed by atoms with Gasteiger partial charge in [0.25, 0.3) is 0 Å². The van der Waals surface area contributed by atoms with E-state index >= 15 is 0 Å². The highest BCUT2D eigenvalue weighted by atomic mass is 127. The predicted molar refractivity (Wildman–Crippen MR) is 158 cm³/mol. The first-order chi connectivity index (χ1) is 15.8. The topological polar surface area (TPSA) is 48.8 Å². The van der Waals surface area contributed by atoms with Gasteiger partial charge in [-0.05, 0) is 100 Å². The Labute approximate surface area is 217 Å². The molecule has 0 aromatic heterocycles. The second-order valence-corrected chi connectivity index (χ2v) is 9.37. The molecule has 0 aliphatic carbocycles. The third-order valence-electron chi connectivity index (χ3n) is 5.11. The third kappa shape index (κ3) is 14.3. The van der Waals surface area contributed by atoms with Gasteiger partial charge in [-0.3, -0.25) is 4.99 Å². The van der Waals surface area contributed by atoms with E-state index in [2.05, 4.69) is 106 Å². The first kappa shape index (κ1) is 31.4. The van der Waals surface area contributed by atoms with Gasteiger partial charge in [0.1, 0.15) is 0 Å². The van der Waals surface area contributed by atoms with E-state index in [0.29, 0.717) is 0 Å². The molecule has 186 valence electrons. The fraction of sp³-hybridized carbons (Fsp3) is 0.571. The average molecular weight is 567 g/mol. The molecule has 0 unspecified atom stereocenters. The predicted octanol–water partition coefficient (Wildman–Crippen LogP) is 8.40. The highest BCUT2D eigenvalue weighted by Gasteiger charge is 2.07. The molecule has 0 aromatic carbocycles. The molecular formula is C28H47IN4. The molecule has 33 heavy (non-hydrogen) atoms. The number of unbranched alkanes of at least 4 members (excludes halogenated alkanes) is 2. The van der Waals surface area contributed by atoms with Gasteiger partial charge in [-0.2, -0.15) is 0 Å². The molecule has 0 radical (unpaired) electrons. The van der Waals surface area contributed by atoms with Gasteiger partial charge in [-0.15, -0.1) is 0 Å². The zero-order valence-corrected chi connectivity index (χ0v) is 24.3. The first-order valence-corrected chi connectivity index (χ1v) is 13.5. The van der Waals surface area contributed by atoms with Crippen molar-refractivity contribution < 1.29 is 0 Å². The van der Waals surface area contributed by atoms with E-state index < -0.39 is 0 Å². The summed E-state index contributed by atoms with van der Waals surface area (Å²) in [6.07, 6.45) is 16.2. The molecule has 0 saturated carbocycles. The highest BCUT2D eigenvalue weighted by Crippen LogP contribution is 2.21. The molecule has 0 fully saturated rings. The Morgan fingerprint density at radius 1 is 0.939 bits per heavy atom. The monoisotopic (exact) mass is 566 g/mol. The zero-order valence-electron chi connectivity index (χ0n) is 22.2. The van der Waals surface area contributed by atoms with Crippen LogP contribution in [0.5, 0.6) is 0 Å². The van der Waals surface area contributed by atoms with Gasteiger partial charge >= 0.3 is 0 Å². The summed E-state index contributed by atoms with van der Waals surface area (Å²) in [6.45, 7) is 20.6. The Kier molecular flexibility index (Phi) is 18.8. The standard InChI is InChI=1S/C28H47IN4/c1-9-17-25(12-4)27(13-5)32-23(7)30-20-15-14-16-21-31-24(8)33-28(22(6)29)26(18-10-2)19-11-3/h10,12-13,18H,6,9,11,14-17,19-21H2,1-5,7-8H3,(H,30,32)(H,31,33)/b18-10-,25-12-,27-13-,28-26-. The van der Waals surface area contributed by atoms with Gasteiger partial charge in [-0.25, -0.2) is 4.99 Å². The Hall–Kier alpha value is -1.63. The number of aliphatic imine (C=N–C) groups is 2. The number of amidine groups is 2. The molecule has 2 N–H and O–H groups in total. The maximum Gasteiger partial charge on any atom is 0.0990 e. The molecule has 5 heteroatoms. The minimum absolute atomic E-state index is 0.837. The summed E-state index contributed by atoms with van der Waals surface area (Å²) >= 11 is 2.29. The number of hydrogen-bond donors (Lipinski definition) is 2. The highest BCUT2D eigenvalue weighted by molar-refractivity contribution is 14.1. The van der Waals surface area contributed by atoms with Crippen molar-refractivity contribution in [3.8, 4) is 0 Å². The Bertz CT molecular complexity index is 767. The van der Waals surface area contributed by atoms with Crippen LogP contribution in [0.1, 0.15) is 93.4 Å². The molecule has 0 saturated heterocycles. The number of allylic oxidation sites excluding steroid dienone is 7. The van der Waals surface area contributed by atoms with E-state index in [4.69, 9.17) is 9.98 Å². The summed E-state index contributed by atoms with van der Waals surface area (Å²) in [5, 5.41) is 6.94. The van der Waals surface area contributed by atoms with E-state index in [0.717, 1.165) is 84.7 Å². The smallest absolute Gasteiger partial charge is 0.0990 e. The molecular weight excluding hydrogens is 519 g/mol. The lowest BCUT2D eigenvalue weighted by molar-refractivity contribution is 0.669. The van der Waals surface area contributed by atoms with Crippen molar-refractivity contribution in [1.82, 2.24) is 10.6 Å². The molecule has 0 spiro atoms. The number of rotatable bonds is 15. The largest absolute Gasteiger partial charge is 0.374 e. The van der Waals surface area contributed by atoms with E-state index in [1.807, 2.05) is 6.92 Å². The molecule has 4 nitrogen and oxygen atoms in total. The van der Waals surface area contributed by atoms with Crippen LogP contribution in [0.4, 0.5) is 0 Å². The van der Waals surface area contributed by atoms with E-state index in [9.17, 15) is 0 Å². The van der Waals surface area contributed by atoms with Crippen molar-refractivity contribution in [2.45, 2.75) is 93.4 Å². The van der Waals surface area contributed by atoms with E-state index in [1.54, 1.807) is 0 Å². The maximum absolute atomic E-state index is 4.78. The van der Waals surface area contributed by atoms with Crippen molar-refractivity contribution in [2.75, 3.05) is 13.1 Å². The van der Waals surface area contributed by atoms with Crippen LogP contribution in [0, 0.1) is 0 Å². The van der Waals surface area contributed by atoms with Crippen LogP contribution in [0.3, 0.4) is 0 Å². The zero-order chi connectivity index (χ0) is 25.1. The molecule has 0 aromatic rings. The van der Waals surface area contributed by atoms with Crippen LogP contribution in [0.15, 0.2) is 67.0 Å². The Morgan fingerprint density at radius 3 is 2.18 bits per heavy atom. The summed E-state index contributed by atoms with van der Waals surface area (Å²) in [4.78, 5) is 9.50. The lowest BCUT2D eigenvalue weighted by Gasteiger charge is -2.14. The van der Waals surface area contributed by atoms with E-state index in [1.165, 1.54) is 11.1 Å². The Balaban J connectivity index is 4.56. The van der Waals surface area contributed by atoms with Gasteiger partial charge in [0.2, 0.25) is 0 Å². The summed E-state index contributed by atoms with van der Waals surface area (Å²) in [6, 6.07) is 0. The van der Waals surface area contributed by atoms with Crippen LogP contribution < -0.4 is 10.6 Å². The quantitative estimate of drug-likeness (QED) is 0.0688. The number of hydrogen-bond acceptors (Lipinski definition) is 2. The normalized spacial score (nSPS) is 14.5. The second kappa shape index (κ2) is 19.8. The van der Waals surface area contributed by atoms with Gasteiger partial charge in [-0.1, -0.05) is 57.6 Å². The Morgan fingerprint density at radius 2 is 1.64 bits per heavy atom. The molecule has 0 amide bonds. The van der Waals surface area contributed by atoms with Crippen LogP contribution in [0.2, 0.25) is 0 Å². The lowest BCUT2D eigenvalue weighted by Crippen LogP contribution is -2.22. The van der Waals surface area contributed by atoms with Crippen LogP contribution in [0.25, 0.3) is 0 Å². The summed E-state index contributed by atoms with van der Waals surface area (Å²) < 4.78 is 1.02. The van der Waals surface area contributed by atoms with E-state index in [-0.39, 0.29) is 0 Å². The second-order valence-electron chi connectivity index (χ2n) is 8.07. The molecule has 0 rings (SSSR count). The van der Waals surface area contributed by atoms with Crippen molar-refractivity contribution in [1.29, 1.82) is 0 Å². The van der Waals surface area contributed by atoms with Crippen molar-refractivity contribution in [3.63, 3.8) is 0 Å². The van der Waals surface area contributed by atoms with Crippen molar-refractivity contribution in [3.05, 3.63) is 57.0 Å². The van der Waals surface area contributed by atoms with Gasteiger partial charge < -0.3 is 10.6 Å². The van der Waals surface area contributed by atoms with Gasteiger partial charge in [0.15, 0.2) is 0 Å². The van der Waals surface area contributed by atoms with Crippen LogP contribution in [-0.2, 0) is 0 Å². The summed E-state index contributed by atoms with van der Waals surface area (Å²) in [5.41, 5.74) is 4.78. The summed E-state index contributed by atoms with van der Waals surface area (Å²) in [7, 11) is 0. The van der Waals surface area contributed by atoms with Gasteiger partial charge in [0, 0.05) is 16.7 Å². The van der Waals surface area contributed by atoms with Crippen molar-refractivity contribution >= 4 is 34.3 Å². The van der Waals surface area contributed by atoms with Crippen LogP contribution in [-0.4, -0.2) is 24.8 Å². The minimum atomic E-state index is 0.837. The lowest BCUT2D eigenvalue weighted by atomic mass is 10.1. The van der Waals surface area contributed by atoms with Gasteiger partial charge in [0.05, 0.1) is 23.1 Å². The fourth-order valence-corrected chi connectivity index (χ4v) is 3.95. The first-order valence-electron chi connectivity index (χ1n) is 12.4. The van der Waals surface area contributed by atoms with Crippen LogP contribution >= 0.6 is 22.6 Å². The number of nitrogens with zero attached hydrogens (tertiary/aromatic N) is 2. The minimum Gasteiger partial charge on any atom is -0.374 e. The SMILES string of the molecule is C=C(I)/C(NC(C)=NCCCCCNC(C)=NC(=C\C)/C(=C\C)CCC)=C(\C=C/C)CCC. The molecule has 0 bridgehead atoms. The average Bonchev–Trinajstić information content (AvgIpc) is 2.78. The maximum atomic E-state index is 4.78. The molecule has 0 heterocycles. The van der Waals surface area contributed by atoms with Crippen molar-refractivity contribution in [2.24, 2.45) is 9.98 Å². The number of nitrogens with one attached hydrogen (secondary N) is 2. The summed E-state index contributed by atoms with van der Waals surface area (Å²) in [5.74, 6) is 1.94. The molecule has 0 aliphatic heterocycles.